The number of benzene rings is 4. The summed E-state index contributed by atoms with van der Waals surface area (Å²) in [6, 6.07) is 28.0. The third-order valence-corrected chi connectivity index (χ3v) is 7.11. The number of hydrogen-bond donors (Lipinski definition) is 3. The standard InChI is InChI=1S/C33H31N3O6S/c1-40-25-16-17-27(30(20-25)42-3)35-31(37)21-43-26-14-9-13-24(19-26)34-33(39)28(18-23-12-7-8-15-29(23)41-2)36-32(38)22-10-5-4-6-11-22/h4-20H,21H2,1-3H3,(H,34,39)(H,35,37)(H,36,38)/b28-18+. The zero-order valence-corrected chi connectivity index (χ0v) is 24.7. The second-order valence-electron chi connectivity index (χ2n) is 9.01. The van der Waals surface area contributed by atoms with Gasteiger partial charge in [-0.05, 0) is 54.6 Å². The van der Waals surface area contributed by atoms with Crippen LogP contribution in [0.25, 0.3) is 6.08 Å². The van der Waals surface area contributed by atoms with Crippen molar-refractivity contribution in [2.75, 3.05) is 37.7 Å². The van der Waals surface area contributed by atoms with Crippen molar-refractivity contribution >= 4 is 46.9 Å². The topological polar surface area (TPSA) is 115 Å². The molecule has 0 saturated heterocycles. The number of anilines is 2. The molecule has 0 saturated carbocycles. The molecule has 220 valence electrons. The first-order valence-corrected chi connectivity index (χ1v) is 14.2. The lowest BCUT2D eigenvalue weighted by molar-refractivity contribution is -0.114. The predicted octanol–water partition coefficient (Wildman–Crippen LogP) is 5.85. The molecule has 3 amide bonds. The van der Waals surface area contributed by atoms with Crippen LogP contribution in [-0.4, -0.2) is 44.8 Å². The van der Waals surface area contributed by atoms with Crippen molar-refractivity contribution in [2.45, 2.75) is 4.90 Å². The summed E-state index contributed by atoms with van der Waals surface area (Å²) in [5, 5.41) is 8.41. The summed E-state index contributed by atoms with van der Waals surface area (Å²) in [7, 11) is 4.60. The van der Waals surface area contributed by atoms with Crippen LogP contribution < -0.4 is 30.2 Å². The summed E-state index contributed by atoms with van der Waals surface area (Å²) in [5.41, 5.74) is 2.08. The van der Waals surface area contributed by atoms with Gasteiger partial charge in [0.15, 0.2) is 0 Å². The first-order chi connectivity index (χ1) is 20.9. The molecule has 0 fully saturated rings. The SMILES string of the molecule is COc1ccc(NC(=O)CSc2cccc(NC(=O)/C(=C\c3ccccc3OC)NC(=O)c3ccccc3)c2)c(OC)c1. The first-order valence-electron chi connectivity index (χ1n) is 13.2. The Balaban J connectivity index is 1.46. The van der Waals surface area contributed by atoms with Gasteiger partial charge in [0.1, 0.15) is 22.9 Å². The van der Waals surface area contributed by atoms with Gasteiger partial charge in [0, 0.05) is 27.8 Å². The average Bonchev–Trinajstić information content (AvgIpc) is 3.04. The lowest BCUT2D eigenvalue weighted by Gasteiger charge is -2.13. The van der Waals surface area contributed by atoms with E-state index in [-0.39, 0.29) is 17.4 Å². The van der Waals surface area contributed by atoms with E-state index in [9.17, 15) is 14.4 Å². The number of rotatable bonds is 12. The van der Waals surface area contributed by atoms with E-state index < -0.39 is 11.8 Å². The number of amides is 3. The molecule has 0 spiro atoms. The van der Waals surface area contributed by atoms with E-state index in [1.54, 1.807) is 92.0 Å². The van der Waals surface area contributed by atoms with Crippen LogP contribution in [-0.2, 0) is 9.59 Å². The highest BCUT2D eigenvalue weighted by molar-refractivity contribution is 8.00. The Labute approximate surface area is 254 Å². The molecule has 0 aliphatic carbocycles. The molecule has 0 bridgehead atoms. The first kappa shape index (κ1) is 30.7. The summed E-state index contributed by atoms with van der Waals surface area (Å²) < 4.78 is 16.0. The van der Waals surface area contributed by atoms with Crippen LogP contribution >= 0.6 is 11.8 Å². The molecule has 4 aromatic rings. The van der Waals surface area contributed by atoms with Crippen molar-refractivity contribution in [3.63, 3.8) is 0 Å². The Hall–Kier alpha value is -5.22. The van der Waals surface area contributed by atoms with Gasteiger partial charge in [0.05, 0.1) is 32.8 Å². The molecule has 4 aromatic carbocycles. The summed E-state index contributed by atoms with van der Waals surface area (Å²) in [4.78, 5) is 39.8. The number of nitrogens with one attached hydrogen (secondary N) is 3. The van der Waals surface area contributed by atoms with Gasteiger partial charge >= 0.3 is 0 Å². The third-order valence-electron chi connectivity index (χ3n) is 6.11. The molecule has 0 aliphatic rings. The quantitative estimate of drug-likeness (QED) is 0.139. The summed E-state index contributed by atoms with van der Waals surface area (Å²) in [5.74, 6) is 0.586. The van der Waals surface area contributed by atoms with Crippen molar-refractivity contribution in [3.05, 3.63) is 114 Å². The lowest BCUT2D eigenvalue weighted by Crippen LogP contribution is -2.30. The van der Waals surface area contributed by atoms with Crippen molar-refractivity contribution in [1.29, 1.82) is 0 Å². The van der Waals surface area contributed by atoms with E-state index in [2.05, 4.69) is 16.0 Å². The number of ether oxygens (including phenoxy) is 3. The minimum absolute atomic E-state index is 0.0317. The lowest BCUT2D eigenvalue weighted by atomic mass is 10.1. The molecule has 0 unspecified atom stereocenters. The molecule has 43 heavy (non-hydrogen) atoms. The Morgan fingerprint density at radius 1 is 0.744 bits per heavy atom. The van der Waals surface area contributed by atoms with Gasteiger partial charge in [-0.1, -0.05) is 42.5 Å². The van der Waals surface area contributed by atoms with Crippen LogP contribution in [0.15, 0.2) is 108 Å². The van der Waals surface area contributed by atoms with Crippen LogP contribution in [0.1, 0.15) is 15.9 Å². The molecule has 0 aliphatic heterocycles. The fourth-order valence-corrected chi connectivity index (χ4v) is 4.74. The van der Waals surface area contributed by atoms with Crippen LogP contribution in [0.4, 0.5) is 11.4 Å². The maximum atomic E-state index is 13.4. The molecule has 0 heterocycles. The van der Waals surface area contributed by atoms with Crippen LogP contribution in [0.2, 0.25) is 0 Å². The molecule has 9 nitrogen and oxygen atoms in total. The normalized spacial score (nSPS) is 10.8. The van der Waals surface area contributed by atoms with Gasteiger partial charge < -0.3 is 30.2 Å². The molecular weight excluding hydrogens is 566 g/mol. The Bertz CT molecular complexity index is 1620. The summed E-state index contributed by atoms with van der Waals surface area (Å²) >= 11 is 1.30. The minimum atomic E-state index is -0.526. The molecule has 3 N–H and O–H groups in total. The van der Waals surface area contributed by atoms with E-state index in [0.717, 1.165) is 4.90 Å². The maximum absolute atomic E-state index is 13.4. The van der Waals surface area contributed by atoms with Gasteiger partial charge in [0.2, 0.25) is 5.91 Å². The molecule has 4 rings (SSSR count). The van der Waals surface area contributed by atoms with Gasteiger partial charge in [0.25, 0.3) is 11.8 Å². The molecule has 10 heteroatoms. The number of carbonyl (C=O) groups excluding carboxylic acids is 3. The second kappa shape index (κ2) is 15.1. The zero-order chi connectivity index (χ0) is 30.6. The Morgan fingerprint density at radius 2 is 1.49 bits per heavy atom. The highest BCUT2D eigenvalue weighted by Gasteiger charge is 2.17. The van der Waals surface area contributed by atoms with Crippen molar-refractivity contribution in [1.82, 2.24) is 5.32 Å². The van der Waals surface area contributed by atoms with Crippen molar-refractivity contribution in [3.8, 4) is 17.2 Å². The van der Waals surface area contributed by atoms with Crippen LogP contribution in [0.5, 0.6) is 17.2 Å². The van der Waals surface area contributed by atoms with Gasteiger partial charge in [-0.2, -0.15) is 0 Å². The molecule has 0 radical (unpaired) electrons. The van der Waals surface area contributed by atoms with Gasteiger partial charge in [-0.25, -0.2) is 0 Å². The second-order valence-corrected chi connectivity index (χ2v) is 10.1. The van der Waals surface area contributed by atoms with Gasteiger partial charge in [-0.15, -0.1) is 11.8 Å². The van der Waals surface area contributed by atoms with E-state index in [0.29, 0.717) is 39.8 Å². The fourth-order valence-electron chi connectivity index (χ4n) is 3.98. The van der Waals surface area contributed by atoms with E-state index >= 15 is 0 Å². The highest BCUT2D eigenvalue weighted by atomic mass is 32.2. The minimum Gasteiger partial charge on any atom is -0.497 e. The van der Waals surface area contributed by atoms with Crippen molar-refractivity contribution < 1.29 is 28.6 Å². The maximum Gasteiger partial charge on any atom is 0.272 e. The highest BCUT2D eigenvalue weighted by Crippen LogP contribution is 2.30. The third kappa shape index (κ3) is 8.64. The number of para-hydroxylation sites is 1. The number of thioether (sulfide) groups is 1. The van der Waals surface area contributed by atoms with E-state index in [4.69, 9.17) is 14.2 Å². The number of methoxy groups -OCH3 is 3. The van der Waals surface area contributed by atoms with E-state index in [1.807, 2.05) is 18.2 Å². The van der Waals surface area contributed by atoms with E-state index in [1.165, 1.54) is 26.0 Å². The van der Waals surface area contributed by atoms with Crippen LogP contribution in [0.3, 0.4) is 0 Å². The largest absolute Gasteiger partial charge is 0.497 e. The number of hydrogen-bond acceptors (Lipinski definition) is 7. The Kier molecular flexibility index (Phi) is 10.8. The van der Waals surface area contributed by atoms with Crippen LogP contribution in [0, 0.1) is 0 Å². The molecule has 0 aromatic heterocycles. The van der Waals surface area contributed by atoms with Crippen molar-refractivity contribution in [2.24, 2.45) is 0 Å². The Morgan fingerprint density at radius 3 is 2.23 bits per heavy atom. The zero-order valence-electron chi connectivity index (χ0n) is 23.9. The average molecular weight is 598 g/mol. The fraction of sp³-hybridized carbons (Fsp3) is 0.121. The smallest absolute Gasteiger partial charge is 0.272 e. The summed E-state index contributed by atoms with van der Waals surface area (Å²) in [6.45, 7) is 0. The molecule has 0 atom stereocenters. The van der Waals surface area contributed by atoms with Gasteiger partial charge in [-0.3, -0.25) is 14.4 Å². The monoisotopic (exact) mass is 597 g/mol. The summed E-state index contributed by atoms with van der Waals surface area (Å²) in [6.07, 6.45) is 1.56. The molecular formula is C33H31N3O6S. The number of carbonyl (C=O) groups is 3. The predicted molar refractivity (Wildman–Crippen MR) is 169 cm³/mol.